The van der Waals surface area contributed by atoms with E-state index in [-0.39, 0.29) is 6.10 Å². The molecule has 3 heteroatoms. The molecule has 0 bridgehead atoms. The van der Waals surface area contributed by atoms with Crippen molar-refractivity contribution in [3.8, 4) is 12.3 Å². The first-order valence-corrected chi connectivity index (χ1v) is 2.57. The third-order valence-corrected chi connectivity index (χ3v) is 1.10. The molecule has 1 aliphatic rings. The van der Waals surface area contributed by atoms with Gasteiger partial charge in [0.25, 0.3) is 0 Å². The molecule has 0 amide bonds. The van der Waals surface area contributed by atoms with Gasteiger partial charge < -0.3 is 9.47 Å². The molecule has 0 aromatic carbocycles. The van der Waals surface area contributed by atoms with E-state index < -0.39 is 12.3 Å². The summed E-state index contributed by atoms with van der Waals surface area (Å²) in [7, 11) is 0. The van der Waals surface area contributed by atoms with Crippen LogP contribution >= 0.6 is 0 Å². The summed E-state index contributed by atoms with van der Waals surface area (Å²) in [5.74, 6) is 2.28. The monoisotopic (exact) mass is 126 g/mol. The van der Waals surface area contributed by atoms with Gasteiger partial charge in [-0.05, 0) is 6.92 Å². The van der Waals surface area contributed by atoms with Crippen LogP contribution in [-0.4, -0.2) is 18.4 Å². The summed E-state index contributed by atoms with van der Waals surface area (Å²) in [4.78, 5) is 10.3. The molecule has 0 saturated carbocycles. The molecular formula is C6H6O3. The van der Waals surface area contributed by atoms with E-state index in [1.54, 1.807) is 6.92 Å². The molecule has 0 N–H and O–H groups in total. The van der Waals surface area contributed by atoms with Crippen LogP contribution < -0.4 is 0 Å². The largest absolute Gasteiger partial charge is 0.510 e. The summed E-state index contributed by atoms with van der Waals surface area (Å²) in [5, 5.41) is 0. The highest BCUT2D eigenvalue weighted by atomic mass is 16.8. The summed E-state index contributed by atoms with van der Waals surface area (Å²) in [6.07, 6.45) is 3.50. The number of hydrogen-bond donors (Lipinski definition) is 0. The number of terminal acetylenes is 1. The molecule has 2 atom stereocenters. The van der Waals surface area contributed by atoms with E-state index in [4.69, 9.17) is 6.42 Å². The zero-order chi connectivity index (χ0) is 6.85. The highest BCUT2D eigenvalue weighted by Gasteiger charge is 2.30. The Morgan fingerprint density at radius 2 is 2.33 bits per heavy atom. The van der Waals surface area contributed by atoms with E-state index in [9.17, 15) is 4.79 Å². The third-order valence-electron chi connectivity index (χ3n) is 1.10. The van der Waals surface area contributed by atoms with Crippen LogP contribution in [0.5, 0.6) is 0 Å². The molecule has 1 rings (SSSR count). The van der Waals surface area contributed by atoms with Gasteiger partial charge in [0.05, 0.1) is 0 Å². The van der Waals surface area contributed by atoms with Crippen LogP contribution in [0.25, 0.3) is 0 Å². The van der Waals surface area contributed by atoms with Gasteiger partial charge in [-0.25, -0.2) is 4.79 Å². The zero-order valence-corrected chi connectivity index (χ0v) is 4.96. The summed E-state index contributed by atoms with van der Waals surface area (Å²) in [5.41, 5.74) is 0. The van der Waals surface area contributed by atoms with Crippen molar-refractivity contribution in [3.63, 3.8) is 0 Å². The lowest BCUT2D eigenvalue weighted by Gasteiger charge is -1.99. The van der Waals surface area contributed by atoms with E-state index in [2.05, 4.69) is 15.4 Å². The third kappa shape index (κ3) is 0.968. The van der Waals surface area contributed by atoms with Gasteiger partial charge in [0, 0.05) is 0 Å². The lowest BCUT2D eigenvalue weighted by molar-refractivity contribution is 0.120. The molecule has 1 heterocycles. The van der Waals surface area contributed by atoms with Crippen molar-refractivity contribution in [1.29, 1.82) is 0 Å². The van der Waals surface area contributed by atoms with Crippen LogP contribution in [0.2, 0.25) is 0 Å². The molecule has 0 radical (unpaired) electrons. The van der Waals surface area contributed by atoms with Crippen molar-refractivity contribution in [2.45, 2.75) is 19.1 Å². The number of carbonyl (C=O) groups is 1. The van der Waals surface area contributed by atoms with Crippen LogP contribution in [0, 0.1) is 12.3 Å². The maximum atomic E-state index is 10.3. The molecule has 1 fully saturated rings. The highest BCUT2D eigenvalue weighted by Crippen LogP contribution is 2.12. The quantitative estimate of drug-likeness (QED) is 0.351. The van der Waals surface area contributed by atoms with Crippen molar-refractivity contribution >= 4 is 6.16 Å². The van der Waals surface area contributed by atoms with Gasteiger partial charge in [-0.15, -0.1) is 6.42 Å². The molecule has 3 nitrogen and oxygen atoms in total. The van der Waals surface area contributed by atoms with Crippen LogP contribution in [0.4, 0.5) is 4.79 Å². The second-order valence-corrected chi connectivity index (χ2v) is 1.78. The molecule has 0 aromatic rings. The topological polar surface area (TPSA) is 35.5 Å². The molecule has 2 unspecified atom stereocenters. The van der Waals surface area contributed by atoms with Gasteiger partial charge in [-0.2, -0.15) is 0 Å². The second kappa shape index (κ2) is 1.98. The normalized spacial score (nSPS) is 32.7. The fraction of sp³-hybridized carbons (Fsp3) is 0.500. The predicted octanol–water partition coefficient (Wildman–Crippen LogP) is 0.543. The van der Waals surface area contributed by atoms with Crippen molar-refractivity contribution < 1.29 is 14.3 Å². The van der Waals surface area contributed by atoms with Gasteiger partial charge in [-0.3, -0.25) is 0 Å². The molecular weight excluding hydrogens is 120 g/mol. The van der Waals surface area contributed by atoms with Gasteiger partial charge in [-0.1, -0.05) is 5.92 Å². The van der Waals surface area contributed by atoms with E-state index in [0.717, 1.165) is 0 Å². The molecule has 0 aromatic heterocycles. The van der Waals surface area contributed by atoms with Gasteiger partial charge >= 0.3 is 6.16 Å². The van der Waals surface area contributed by atoms with Crippen molar-refractivity contribution in [2.24, 2.45) is 0 Å². The number of hydrogen-bond acceptors (Lipinski definition) is 3. The Labute approximate surface area is 52.9 Å². The van der Waals surface area contributed by atoms with E-state index in [1.165, 1.54) is 0 Å². The predicted molar refractivity (Wildman–Crippen MR) is 29.6 cm³/mol. The van der Waals surface area contributed by atoms with E-state index in [1.807, 2.05) is 0 Å². The molecule has 0 spiro atoms. The Balaban J connectivity index is 2.60. The van der Waals surface area contributed by atoms with Gasteiger partial charge in [0.2, 0.25) is 6.10 Å². The first-order chi connectivity index (χ1) is 4.24. The lowest BCUT2D eigenvalue weighted by atomic mass is 10.2. The first-order valence-electron chi connectivity index (χ1n) is 2.57. The zero-order valence-electron chi connectivity index (χ0n) is 4.96. The second-order valence-electron chi connectivity index (χ2n) is 1.78. The maximum Gasteiger partial charge on any atom is 0.510 e. The summed E-state index contributed by atoms with van der Waals surface area (Å²) in [6, 6.07) is 0. The lowest BCUT2D eigenvalue weighted by Crippen LogP contribution is -2.15. The standard InChI is InChI=1S/C6H6O3/c1-3-5-4(2)8-6(7)9-5/h1,4-5H,2H3. The van der Waals surface area contributed by atoms with Crippen LogP contribution in [0.1, 0.15) is 6.92 Å². The molecule has 1 saturated heterocycles. The van der Waals surface area contributed by atoms with Crippen LogP contribution in [-0.2, 0) is 9.47 Å². The maximum absolute atomic E-state index is 10.3. The fourth-order valence-corrected chi connectivity index (χ4v) is 0.610. The molecule has 9 heavy (non-hydrogen) atoms. The van der Waals surface area contributed by atoms with Gasteiger partial charge in [0.15, 0.2) is 6.10 Å². The summed E-state index contributed by atoms with van der Waals surface area (Å²) in [6.45, 7) is 1.69. The van der Waals surface area contributed by atoms with Crippen molar-refractivity contribution in [2.75, 3.05) is 0 Å². The Bertz CT molecular complexity index is 168. The SMILES string of the molecule is C#CC1OC(=O)OC1C. The number of rotatable bonds is 0. The number of cyclic esters (lactones) is 2. The first kappa shape index (κ1) is 5.96. The van der Waals surface area contributed by atoms with Crippen LogP contribution in [0.3, 0.4) is 0 Å². The Hall–Kier alpha value is -1.17. The van der Waals surface area contributed by atoms with Crippen molar-refractivity contribution in [1.82, 2.24) is 0 Å². The minimum atomic E-state index is -0.676. The van der Waals surface area contributed by atoms with E-state index >= 15 is 0 Å². The Morgan fingerprint density at radius 3 is 2.56 bits per heavy atom. The molecule has 0 aliphatic carbocycles. The Morgan fingerprint density at radius 1 is 1.67 bits per heavy atom. The molecule has 1 aliphatic heterocycles. The average molecular weight is 126 g/mol. The smallest absolute Gasteiger partial charge is 0.426 e. The minimum Gasteiger partial charge on any atom is -0.426 e. The van der Waals surface area contributed by atoms with Crippen LogP contribution in [0.15, 0.2) is 0 Å². The molecule has 48 valence electrons. The van der Waals surface area contributed by atoms with Crippen molar-refractivity contribution in [3.05, 3.63) is 0 Å². The highest BCUT2D eigenvalue weighted by molar-refractivity contribution is 5.63. The summed E-state index contributed by atoms with van der Waals surface area (Å²) >= 11 is 0. The van der Waals surface area contributed by atoms with Gasteiger partial charge in [0.1, 0.15) is 0 Å². The number of carbonyl (C=O) groups excluding carboxylic acids is 1. The average Bonchev–Trinajstić information content (AvgIpc) is 2.10. The number of ether oxygens (including phenoxy) is 2. The van der Waals surface area contributed by atoms with E-state index in [0.29, 0.717) is 0 Å². The Kier molecular flexibility index (Phi) is 1.31. The fourth-order valence-electron chi connectivity index (χ4n) is 0.610. The summed E-state index contributed by atoms with van der Waals surface area (Å²) < 4.78 is 9.09. The minimum absolute atomic E-state index is 0.303.